The number of anilines is 3. The zero-order valence-corrected chi connectivity index (χ0v) is 15.5. The fourth-order valence-electron chi connectivity index (χ4n) is 2.99. The average molecular weight is 360 g/mol. The number of hydrogen-bond acceptors (Lipinski definition) is 5. The van der Waals surface area contributed by atoms with E-state index >= 15 is 0 Å². The maximum absolute atomic E-state index is 11.4. The highest BCUT2D eigenvalue weighted by Gasteiger charge is 2.20. The quantitative estimate of drug-likeness (QED) is 0.912. The molecule has 1 aromatic carbocycles. The molecule has 1 amide bonds. The molecular weight excluding hydrogens is 338 g/mol. The van der Waals surface area contributed by atoms with Crippen molar-refractivity contribution >= 4 is 35.0 Å². The number of aryl methyl sites for hydroxylation is 2. The summed E-state index contributed by atoms with van der Waals surface area (Å²) in [6.07, 6.45) is 1.74. The lowest BCUT2D eigenvalue weighted by molar-refractivity contribution is -0.129. The number of hydrogen-bond donors (Lipinski definition) is 1. The zero-order chi connectivity index (χ0) is 18.0. The van der Waals surface area contributed by atoms with Gasteiger partial charge in [-0.3, -0.25) is 4.79 Å². The topological polar surface area (TPSA) is 61.4 Å². The van der Waals surface area contributed by atoms with Crippen molar-refractivity contribution in [2.75, 3.05) is 36.4 Å². The Kier molecular flexibility index (Phi) is 5.08. The van der Waals surface area contributed by atoms with Gasteiger partial charge in [-0.05, 0) is 37.1 Å². The molecule has 1 saturated heterocycles. The highest BCUT2D eigenvalue weighted by atomic mass is 35.5. The van der Waals surface area contributed by atoms with Crippen molar-refractivity contribution in [1.82, 2.24) is 14.9 Å². The lowest BCUT2D eigenvalue weighted by atomic mass is 10.1. The summed E-state index contributed by atoms with van der Waals surface area (Å²) in [5.74, 6) is 1.47. The molecule has 0 atom stereocenters. The van der Waals surface area contributed by atoms with Gasteiger partial charge in [0.25, 0.3) is 0 Å². The first-order chi connectivity index (χ1) is 11.9. The molecule has 6 nitrogen and oxygen atoms in total. The number of halogens is 1. The van der Waals surface area contributed by atoms with E-state index in [-0.39, 0.29) is 5.91 Å². The highest BCUT2D eigenvalue weighted by Crippen LogP contribution is 2.30. The molecule has 1 fully saturated rings. The van der Waals surface area contributed by atoms with Crippen LogP contribution in [0.25, 0.3) is 0 Å². The molecule has 0 unspecified atom stereocenters. The van der Waals surface area contributed by atoms with Gasteiger partial charge < -0.3 is 15.1 Å². The molecule has 1 aliphatic rings. The largest absolute Gasteiger partial charge is 0.339 e. The molecule has 7 heteroatoms. The molecule has 0 bridgehead atoms. The van der Waals surface area contributed by atoms with Crippen LogP contribution in [0, 0.1) is 13.8 Å². The van der Waals surface area contributed by atoms with E-state index in [0.29, 0.717) is 29.9 Å². The number of amides is 1. The van der Waals surface area contributed by atoms with Gasteiger partial charge in [-0.25, -0.2) is 4.98 Å². The first-order valence-electron chi connectivity index (χ1n) is 8.31. The summed E-state index contributed by atoms with van der Waals surface area (Å²) in [6, 6.07) is 5.84. The Bertz CT molecular complexity index is 764. The number of aromatic nitrogens is 2. The van der Waals surface area contributed by atoms with Gasteiger partial charge in [-0.1, -0.05) is 17.7 Å². The van der Waals surface area contributed by atoms with Gasteiger partial charge in [0.15, 0.2) is 0 Å². The Morgan fingerprint density at radius 1 is 1.20 bits per heavy atom. The van der Waals surface area contributed by atoms with Crippen LogP contribution in [0.5, 0.6) is 0 Å². The van der Waals surface area contributed by atoms with Crippen LogP contribution in [0.3, 0.4) is 0 Å². The molecule has 0 aliphatic carbocycles. The molecule has 132 valence electrons. The number of rotatable bonds is 3. The van der Waals surface area contributed by atoms with Crippen LogP contribution in [-0.2, 0) is 4.79 Å². The number of carbonyl (C=O) groups is 1. The van der Waals surface area contributed by atoms with Crippen LogP contribution in [0.2, 0.25) is 5.02 Å². The normalized spacial score (nSPS) is 14.6. The van der Waals surface area contributed by atoms with Crippen molar-refractivity contribution in [2.24, 2.45) is 0 Å². The number of piperazine rings is 1. The Hall–Kier alpha value is -2.34. The lowest BCUT2D eigenvalue weighted by Crippen LogP contribution is -2.48. The second-order valence-corrected chi connectivity index (χ2v) is 6.71. The monoisotopic (exact) mass is 359 g/mol. The Morgan fingerprint density at radius 3 is 2.56 bits per heavy atom. The number of nitrogens with one attached hydrogen (secondary N) is 1. The van der Waals surface area contributed by atoms with E-state index in [9.17, 15) is 4.79 Å². The second-order valence-electron chi connectivity index (χ2n) is 6.30. The molecule has 25 heavy (non-hydrogen) atoms. The Balaban J connectivity index is 1.76. The second kappa shape index (κ2) is 7.27. The van der Waals surface area contributed by atoms with Crippen LogP contribution < -0.4 is 10.2 Å². The number of nitrogens with zero attached hydrogens (tertiary/aromatic N) is 4. The fourth-order valence-corrected chi connectivity index (χ4v) is 3.36. The summed E-state index contributed by atoms with van der Waals surface area (Å²) in [5.41, 5.74) is 3.05. The highest BCUT2D eigenvalue weighted by molar-refractivity contribution is 6.33. The first kappa shape index (κ1) is 17.5. The molecule has 1 N–H and O–H groups in total. The molecule has 2 aromatic rings. The van der Waals surface area contributed by atoms with E-state index < -0.39 is 0 Å². The third kappa shape index (κ3) is 4.02. The molecule has 0 radical (unpaired) electrons. The predicted molar refractivity (Wildman–Crippen MR) is 101 cm³/mol. The van der Waals surface area contributed by atoms with Gasteiger partial charge in [0.05, 0.1) is 10.7 Å². The third-order valence-corrected chi connectivity index (χ3v) is 4.63. The van der Waals surface area contributed by atoms with Gasteiger partial charge in [-0.15, -0.1) is 0 Å². The standard InChI is InChI=1S/C18H22ClN5O/c1-12-10-13(2)17(15(19)11-12)21-16-4-5-20-18(22-16)24-8-6-23(7-9-24)14(3)25/h4-5,10-11H,6-9H2,1-3H3,(H,20,21,22). The van der Waals surface area contributed by atoms with Gasteiger partial charge in [0, 0.05) is 39.3 Å². The van der Waals surface area contributed by atoms with Crippen molar-refractivity contribution in [3.8, 4) is 0 Å². The summed E-state index contributed by atoms with van der Waals surface area (Å²) in [5, 5.41) is 3.97. The number of carbonyl (C=O) groups excluding carboxylic acids is 1. The SMILES string of the molecule is CC(=O)N1CCN(c2nccc(Nc3c(C)cc(C)cc3Cl)n2)CC1. The van der Waals surface area contributed by atoms with Gasteiger partial charge in [0.1, 0.15) is 5.82 Å². The van der Waals surface area contributed by atoms with Crippen LogP contribution in [0.4, 0.5) is 17.5 Å². The minimum Gasteiger partial charge on any atom is -0.339 e. The fraction of sp³-hybridized carbons (Fsp3) is 0.389. The van der Waals surface area contributed by atoms with E-state index in [1.54, 1.807) is 13.1 Å². The first-order valence-corrected chi connectivity index (χ1v) is 8.69. The van der Waals surface area contributed by atoms with Crippen molar-refractivity contribution in [3.63, 3.8) is 0 Å². The third-order valence-electron chi connectivity index (χ3n) is 4.34. The maximum atomic E-state index is 11.4. The molecule has 1 aromatic heterocycles. The number of benzene rings is 1. The molecule has 0 saturated carbocycles. The Labute approximate surface area is 152 Å². The van der Waals surface area contributed by atoms with Crippen LogP contribution in [0.1, 0.15) is 18.1 Å². The van der Waals surface area contributed by atoms with Gasteiger partial charge in [-0.2, -0.15) is 4.98 Å². The van der Waals surface area contributed by atoms with Crippen LogP contribution in [-0.4, -0.2) is 47.0 Å². The minimum absolute atomic E-state index is 0.112. The van der Waals surface area contributed by atoms with Crippen LogP contribution >= 0.6 is 11.6 Å². The average Bonchev–Trinajstić information content (AvgIpc) is 2.58. The van der Waals surface area contributed by atoms with Crippen LogP contribution in [0.15, 0.2) is 24.4 Å². The van der Waals surface area contributed by atoms with Crippen molar-refractivity contribution in [2.45, 2.75) is 20.8 Å². The summed E-state index contributed by atoms with van der Waals surface area (Å²) in [7, 11) is 0. The van der Waals surface area contributed by atoms with Gasteiger partial charge in [0.2, 0.25) is 11.9 Å². The predicted octanol–water partition coefficient (Wildman–Crippen LogP) is 3.16. The van der Waals surface area contributed by atoms with E-state index in [2.05, 4.69) is 26.3 Å². The van der Waals surface area contributed by atoms with Crippen molar-refractivity contribution < 1.29 is 4.79 Å². The summed E-state index contributed by atoms with van der Waals surface area (Å²) in [4.78, 5) is 24.4. The van der Waals surface area contributed by atoms with E-state index in [1.165, 1.54) is 0 Å². The minimum atomic E-state index is 0.112. The van der Waals surface area contributed by atoms with Crippen molar-refractivity contribution in [3.05, 3.63) is 40.5 Å². The summed E-state index contributed by atoms with van der Waals surface area (Å²) >= 11 is 6.37. The summed E-state index contributed by atoms with van der Waals surface area (Å²) in [6.45, 7) is 8.49. The van der Waals surface area contributed by atoms with E-state index in [4.69, 9.17) is 11.6 Å². The van der Waals surface area contributed by atoms with E-state index in [0.717, 1.165) is 29.9 Å². The molecule has 2 heterocycles. The molecule has 3 rings (SSSR count). The molecule has 1 aliphatic heterocycles. The zero-order valence-electron chi connectivity index (χ0n) is 14.7. The smallest absolute Gasteiger partial charge is 0.227 e. The Morgan fingerprint density at radius 2 is 1.92 bits per heavy atom. The summed E-state index contributed by atoms with van der Waals surface area (Å²) < 4.78 is 0. The molecular formula is C18H22ClN5O. The van der Waals surface area contributed by atoms with E-state index in [1.807, 2.05) is 30.9 Å². The lowest BCUT2D eigenvalue weighted by Gasteiger charge is -2.34. The van der Waals surface area contributed by atoms with Gasteiger partial charge >= 0.3 is 0 Å². The maximum Gasteiger partial charge on any atom is 0.227 e. The molecule has 0 spiro atoms. The van der Waals surface area contributed by atoms with Crippen molar-refractivity contribution in [1.29, 1.82) is 0 Å².